The zero-order valence-electron chi connectivity index (χ0n) is 20.6. The number of nitrogens with one attached hydrogen (secondary N) is 2. The standard InChI is InChI=1S/C26H33ClN6O3/c1-17-3-5-20(27)19(13-17)16-33-8-7-30-25(29)22(33)15-24(28)31-21-6-4-18(14-23(21)35-2)26(34)32-9-11-36-12-10-32/h3-6,13-15,30-31H,7-12,16,28-29H2,1-2H3/b24-15+. The number of nitrogens with zero attached hydrogens (tertiary/aromatic N) is 2. The molecule has 1 fully saturated rings. The molecule has 10 heteroatoms. The molecule has 0 unspecified atom stereocenters. The smallest absolute Gasteiger partial charge is 0.254 e. The van der Waals surface area contributed by atoms with Gasteiger partial charge in [0.1, 0.15) is 17.4 Å². The predicted molar refractivity (Wildman–Crippen MR) is 141 cm³/mol. The number of amides is 1. The molecule has 0 radical (unpaired) electrons. The van der Waals surface area contributed by atoms with E-state index in [-0.39, 0.29) is 5.91 Å². The quantitative estimate of drug-likeness (QED) is 0.447. The fourth-order valence-electron chi connectivity index (χ4n) is 4.29. The van der Waals surface area contributed by atoms with Crippen LogP contribution in [-0.2, 0) is 11.3 Å². The van der Waals surface area contributed by atoms with Crippen LogP contribution in [0.4, 0.5) is 5.69 Å². The Morgan fingerprint density at radius 3 is 2.75 bits per heavy atom. The van der Waals surface area contributed by atoms with Gasteiger partial charge in [0.2, 0.25) is 0 Å². The first-order valence-electron chi connectivity index (χ1n) is 11.9. The lowest BCUT2D eigenvalue weighted by atomic mass is 10.1. The molecule has 1 amide bonds. The maximum atomic E-state index is 12.8. The van der Waals surface area contributed by atoms with Crippen LogP contribution in [0.15, 0.2) is 59.8 Å². The first-order valence-corrected chi connectivity index (χ1v) is 12.3. The molecule has 0 aliphatic carbocycles. The van der Waals surface area contributed by atoms with E-state index in [1.165, 1.54) is 0 Å². The van der Waals surface area contributed by atoms with Crippen molar-refractivity contribution < 1.29 is 14.3 Å². The fourth-order valence-corrected chi connectivity index (χ4v) is 4.46. The zero-order valence-corrected chi connectivity index (χ0v) is 21.4. The van der Waals surface area contributed by atoms with Crippen molar-refractivity contribution in [3.05, 3.63) is 81.5 Å². The van der Waals surface area contributed by atoms with Crippen LogP contribution in [-0.4, -0.2) is 62.2 Å². The Hall–Kier alpha value is -3.56. The lowest BCUT2D eigenvalue weighted by Crippen LogP contribution is -2.41. The van der Waals surface area contributed by atoms with Crippen LogP contribution < -0.4 is 26.8 Å². The summed E-state index contributed by atoms with van der Waals surface area (Å²) in [6.07, 6.45) is 1.79. The van der Waals surface area contributed by atoms with Gasteiger partial charge in [-0.25, -0.2) is 0 Å². The van der Waals surface area contributed by atoms with Gasteiger partial charge in [-0.3, -0.25) is 4.79 Å². The zero-order chi connectivity index (χ0) is 25.7. The number of halogens is 1. The van der Waals surface area contributed by atoms with Gasteiger partial charge < -0.3 is 41.4 Å². The molecular formula is C26H33ClN6O3. The Labute approximate surface area is 216 Å². The van der Waals surface area contributed by atoms with Crippen LogP contribution in [0.2, 0.25) is 5.02 Å². The topological polar surface area (TPSA) is 118 Å². The molecule has 36 heavy (non-hydrogen) atoms. The van der Waals surface area contributed by atoms with E-state index < -0.39 is 0 Å². The van der Waals surface area contributed by atoms with Crippen LogP contribution >= 0.6 is 11.6 Å². The molecule has 2 heterocycles. The predicted octanol–water partition coefficient (Wildman–Crippen LogP) is 2.57. The van der Waals surface area contributed by atoms with Crippen molar-refractivity contribution in [2.75, 3.05) is 51.8 Å². The Bertz CT molecular complexity index is 1180. The highest BCUT2D eigenvalue weighted by Crippen LogP contribution is 2.28. The van der Waals surface area contributed by atoms with Gasteiger partial charge in [0, 0.05) is 49.4 Å². The summed E-state index contributed by atoms with van der Waals surface area (Å²) in [5.74, 6) is 1.37. The third-order valence-corrected chi connectivity index (χ3v) is 6.56. The Kier molecular flexibility index (Phi) is 8.12. The molecule has 1 saturated heterocycles. The number of carbonyl (C=O) groups is 1. The van der Waals surface area contributed by atoms with Gasteiger partial charge >= 0.3 is 0 Å². The largest absolute Gasteiger partial charge is 0.495 e. The van der Waals surface area contributed by atoms with E-state index in [4.69, 9.17) is 32.5 Å². The van der Waals surface area contributed by atoms with Gasteiger partial charge in [-0.15, -0.1) is 0 Å². The lowest BCUT2D eigenvalue weighted by molar-refractivity contribution is 0.0302. The molecule has 4 rings (SSSR count). The molecule has 2 aromatic rings. The summed E-state index contributed by atoms with van der Waals surface area (Å²) in [5.41, 5.74) is 16.8. The van der Waals surface area contributed by atoms with Crippen molar-refractivity contribution in [2.24, 2.45) is 11.5 Å². The highest BCUT2D eigenvalue weighted by atomic mass is 35.5. The number of ether oxygens (including phenoxy) is 2. The van der Waals surface area contributed by atoms with Gasteiger partial charge in [0.25, 0.3) is 5.91 Å². The summed E-state index contributed by atoms with van der Waals surface area (Å²) in [5, 5.41) is 7.09. The minimum absolute atomic E-state index is 0.0525. The van der Waals surface area contributed by atoms with Crippen molar-refractivity contribution in [3.8, 4) is 5.75 Å². The first kappa shape index (κ1) is 25.5. The summed E-state index contributed by atoms with van der Waals surface area (Å²) in [6, 6.07) is 11.2. The number of carbonyl (C=O) groups excluding carboxylic acids is 1. The lowest BCUT2D eigenvalue weighted by Gasteiger charge is -2.32. The van der Waals surface area contributed by atoms with E-state index in [1.54, 1.807) is 36.3 Å². The molecule has 2 aliphatic rings. The van der Waals surface area contributed by atoms with Crippen molar-refractivity contribution in [1.82, 2.24) is 15.1 Å². The van der Waals surface area contributed by atoms with E-state index in [2.05, 4.69) is 21.6 Å². The fraction of sp³-hybridized carbons (Fsp3) is 0.346. The molecule has 0 spiro atoms. The van der Waals surface area contributed by atoms with E-state index in [0.29, 0.717) is 73.1 Å². The second-order valence-corrected chi connectivity index (χ2v) is 9.19. The van der Waals surface area contributed by atoms with Crippen LogP contribution in [0.25, 0.3) is 0 Å². The van der Waals surface area contributed by atoms with Crippen LogP contribution in [0, 0.1) is 6.92 Å². The third-order valence-electron chi connectivity index (χ3n) is 6.19. The van der Waals surface area contributed by atoms with Crippen molar-refractivity contribution >= 4 is 23.2 Å². The Balaban J connectivity index is 1.52. The van der Waals surface area contributed by atoms with Crippen LogP contribution in [0.1, 0.15) is 21.5 Å². The Morgan fingerprint density at radius 2 is 2.00 bits per heavy atom. The van der Waals surface area contributed by atoms with Gasteiger partial charge in [0.15, 0.2) is 0 Å². The van der Waals surface area contributed by atoms with Gasteiger partial charge in [0.05, 0.1) is 31.7 Å². The van der Waals surface area contributed by atoms with Gasteiger partial charge in [-0.1, -0.05) is 29.3 Å². The molecule has 0 saturated carbocycles. The number of methoxy groups -OCH3 is 1. The Morgan fingerprint density at radius 1 is 1.22 bits per heavy atom. The number of benzene rings is 2. The highest BCUT2D eigenvalue weighted by molar-refractivity contribution is 6.31. The average Bonchev–Trinajstić information content (AvgIpc) is 2.88. The SMILES string of the molecule is COc1cc(C(=O)N2CCOCC2)ccc1N/C(N)=C/C1=C(N)NCCN1Cc1cc(C)ccc1Cl. The summed E-state index contributed by atoms with van der Waals surface area (Å²) >= 11 is 6.44. The number of nitrogens with two attached hydrogens (primary N) is 2. The monoisotopic (exact) mass is 512 g/mol. The highest BCUT2D eigenvalue weighted by Gasteiger charge is 2.21. The van der Waals surface area contributed by atoms with Crippen LogP contribution in [0.5, 0.6) is 5.75 Å². The minimum Gasteiger partial charge on any atom is -0.495 e. The molecule has 0 atom stereocenters. The molecule has 192 valence electrons. The molecule has 2 aliphatic heterocycles. The van der Waals surface area contributed by atoms with Crippen molar-refractivity contribution in [1.29, 1.82) is 0 Å². The van der Waals surface area contributed by atoms with Crippen molar-refractivity contribution in [3.63, 3.8) is 0 Å². The average molecular weight is 513 g/mol. The van der Waals surface area contributed by atoms with Gasteiger partial charge in [-0.05, 0) is 36.8 Å². The minimum atomic E-state index is -0.0525. The number of hydrogen-bond acceptors (Lipinski definition) is 8. The van der Waals surface area contributed by atoms with E-state index >= 15 is 0 Å². The summed E-state index contributed by atoms with van der Waals surface area (Å²) in [6.45, 7) is 6.34. The number of hydrogen-bond donors (Lipinski definition) is 4. The number of allylic oxidation sites excluding steroid dienone is 1. The molecule has 6 N–H and O–H groups in total. The molecule has 9 nitrogen and oxygen atoms in total. The molecule has 0 aromatic heterocycles. The van der Waals surface area contributed by atoms with E-state index in [9.17, 15) is 4.79 Å². The van der Waals surface area contributed by atoms with E-state index in [0.717, 1.165) is 23.4 Å². The number of morpholine rings is 1. The number of rotatable bonds is 7. The van der Waals surface area contributed by atoms with Crippen molar-refractivity contribution in [2.45, 2.75) is 13.5 Å². The number of aryl methyl sites for hydroxylation is 1. The normalized spacial score (nSPS) is 16.6. The van der Waals surface area contributed by atoms with Crippen LogP contribution in [0.3, 0.4) is 0 Å². The second kappa shape index (κ2) is 11.5. The maximum absolute atomic E-state index is 12.8. The number of anilines is 1. The summed E-state index contributed by atoms with van der Waals surface area (Å²) < 4.78 is 10.9. The third kappa shape index (κ3) is 5.98. The molecule has 2 aromatic carbocycles. The maximum Gasteiger partial charge on any atom is 0.254 e. The first-order chi connectivity index (χ1) is 17.4. The van der Waals surface area contributed by atoms with E-state index in [1.807, 2.05) is 19.1 Å². The molecule has 0 bridgehead atoms. The summed E-state index contributed by atoms with van der Waals surface area (Å²) in [4.78, 5) is 16.8. The molecular weight excluding hydrogens is 480 g/mol. The van der Waals surface area contributed by atoms with Gasteiger partial charge in [-0.2, -0.15) is 0 Å². The second-order valence-electron chi connectivity index (χ2n) is 8.79. The summed E-state index contributed by atoms with van der Waals surface area (Å²) in [7, 11) is 1.56.